The van der Waals surface area contributed by atoms with E-state index in [-0.39, 0.29) is 17.4 Å². The molecule has 10 heteroatoms. The van der Waals surface area contributed by atoms with E-state index in [2.05, 4.69) is 20.8 Å². The summed E-state index contributed by atoms with van der Waals surface area (Å²) >= 11 is 1.19. The average molecular weight is 412 g/mol. The standard InChI is InChI=1S/C19H20N6O3S/c1-12(2)24-19(21-22-23-24)29-17(14-7-5-4-6-8-14)18(26)20-15-10-9-13(3)11-16(15)25(27)28/h4-12,17H,1-3H3,(H,20,26). The van der Waals surface area contributed by atoms with Gasteiger partial charge in [-0.05, 0) is 48.4 Å². The van der Waals surface area contributed by atoms with Crippen molar-refractivity contribution < 1.29 is 9.72 Å². The van der Waals surface area contributed by atoms with Crippen molar-refractivity contribution >= 4 is 29.0 Å². The largest absolute Gasteiger partial charge is 0.319 e. The maximum atomic E-state index is 13.1. The van der Waals surface area contributed by atoms with Crippen LogP contribution >= 0.6 is 11.8 Å². The molecule has 0 aliphatic carbocycles. The molecule has 3 aromatic rings. The van der Waals surface area contributed by atoms with Gasteiger partial charge in [0.25, 0.3) is 5.69 Å². The lowest BCUT2D eigenvalue weighted by Gasteiger charge is -2.17. The van der Waals surface area contributed by atoms with Crippen LogP contribution in [0, 0.1) is 17.0 Å². The van der Waals surface area contributed by atoms with Crippen LogP contribution in [-0.4, -0.2) is 31.0 Å². The smallest absolute Gasteiger partial charge is 0.293 e. The van der Waals surface area contributed by atoms with Gasteiger partial charge in [0.2, 0.25) is 11.1 Å². The molecule has 1 unspecified atom stereocenters. The molecule has 2 aromatic carbocycles. The summed E-state index contributed by atoms with van der Waals surface area (Å²) in [5, 5.41) is 25.6. The molecule has 0 radical (unpaired) electrons. The molecule has 3 rings (SSSR count). The molecule has 29 heavy (non-hydrogen) atoms. The van der Waals surface area contributed by atoms with Crippen LogP contribution in [-0.2, 0) is 4.79 Å². The monoisotopic (exact) mass is 412 g/mol. The van der Waals surface area contributed by atoms with Gasteiger partial charge in [-0.25, -0.2) is 4.68 Å². The maximum Gasteiger partial charge on any atom is 0.293 e. The van der Waals surface area contributed by atoms with Crippen molar-refractivity contribution in [3.05, 3.63) is 69.8 Å². The van der Waals surface area contributed by atoms with Crippen LogP contribution in [0.4, 0.5) is 11.4 Å². The Balaban J connectivity index is 1.94. The average Bonchev–Trinajstić information content (AvgIpc) is 3.16. The second-order valence-electron chi connectivity index (χ2n) is 6.68. The quantitative estimate of drug-likeness (QED) is 0.355. The van der Waals surface area contributed by atoms with Gasteiger partial charge in [0, 0.05) is 6.07 Å². The molecule has 0 fully saturated rings. The number of hydrogen-bond acceptors (Lipinski definition) is 7. The molecule has 0 saturated heterocycles. The van der Waals surface area contributed by atoms with E-state index in [1.807, 2.05) is 44.2 Å². The van der Waals surface area contributed by atoms with Gasteiger partial charge in [0.1, 0.15) is 10.9 Å². The first-order valence-corrected chi connectivity index (χ1v) is 9.80. The highest BCUT2D eigenvalue weighted by molar-refractivity contribution is 8.00. The summed E-state index contributed by atoms with van der Waals surface area (Å²) in [6.07, 6.45) is 0. The number of nitrogens with one attached hydrogen (secondary N) is 1. The predicted octanol–water partition coefficient (Wildman–Crippen LogP) is 3.94. The zero-order chi connectivity index (χ0) is 21.0. The van der Waals surface area contributed by atoms with Crippen LogP contribution in [0.5, 0.6) is 0 Å². The maximum absolute atomic E-state index is 13.1. The fraction of sp³-hybridized carbons (Fsp3) is 0.263. The zero-order valence-corrected chi connectivity index (χ0v) is 17.0. The highest BCUT2D eigenvalue weighted by Gasteiger charge is 2.27. The van der Waals surface area contributed by atoms with Gasteiger partial charge >= 0.3 is 0 Å². The number of nitro benzene ring substituents is 1. The summed E-state index contributed by atoms with van der Waals surface area (Å²) in [6, 6.07) is 13.9. The third-order valence-electron chi connectivity index (χ3n) is 4.12. The summed E-state index contributed by atoms with van der Waals surface area (Å²) in [6.45, 7) is 5.63. The summed E-state index contributed by atoms with van der Waals surface area (Å²) in [4.78, 5) is 24.0. The minimum absolute atomic E-state index is 0.0187. The second-order valence-corrected chi connectivity index (χ2v) is 7.75. The molecule has 0 saturated carbocycles. The lowest BCUT2D eigenvalue weighted by atomic mass is 10.1. The lowest BCUT2D eigenvalue weighted by molar-refractivity contribution is -0.384. The fourth-order valence-electron chi connectivity index (χ4n) is 2.69. The summed E-state index contributed by atoms with van der Waals surface area (Å²) in [5.41, 5.74) is 1.47. The Bertz CT molecular complexity index is 1020. The summed E-state index contributed by atoms with van der Waals surface area (Å²) in [5.74, 6) is -0.397. The van der Waals surface area contributed by atoms with E-state index < -0.39 is 16.1 Å². The van der Waals surface area contributed by atoms with Crippen molar-refractivity contribution in [2.24, 2.45) is 0 Å². The number of rotatable bonds is 7. The Kier molecular flexibility index (Phi) is 6.23. The molecular weight excluding hydrogens is 392 g/mol. The molecule has 1 aromatic heterocycles. The SMILES string of the molecule is Cc1ccc(NC(=O)C(Sc2nnnn2C(C)C)c2ccccc2)c([N+](=O)[O-])c1. The number of aryl methyl sites for hydroxylation is 1. The minimum atomic E-state index is -0.694. The lowest BCUT2D eigenvalue weighted by Crippen LogP contribution is -2.20. The van der Waals surface area contributed by atoms with Gasteiger partial charge in [-0.15, -0.1) is 5.10 Å². The number of tetrazole rings is 1. The van der Waals surface area contributed by atoms with Crippen molar-refractivity contribution in [3.63, 3.8) is 0 Å². The first-order valence-electron chi connectivity index (χ1n) is 8.92. The highest BCUT2D eigenvalue weighted by atomic mass is 32.2. The van der Waals surface area contributed by atoms with E-state index in [0.717, 1.165) is 11.1 Å². The molecule has 1 amide bonds. The van der Waals surface area contributed by atoms with E-state index >= 15 is 0 Å². The van der Waals surface area contributed by atoms with Gasteiger partial charge < -0.3 is 5.32 Å². The van der Waals surface area contributed by atoms with E-state index in [0.29, 0.717) is 5.16 Å². The van der Waals surface area contributed by atoms with Crippen LogP contribution in [0.1, 0.15) is 36.3 Å². The van der Waals surface area contributed by atoms with Crippen molar-refractivity contribution in [2.75, 3.05) is 5.32 Å². The van der Waals surface area contributed by atoms with Gasteiger partial charge in [-0.3, -0.25) is 14.9 Å². The number of carbonyl (C=O) groups is 1. The highest BCUT2D eigenvalue weighted by Crippen LogP contribution is 2.36. The number of amides is 1. The van der Waals surface area contributed by atoms with Crippen LogP contribution in [0.15, 0.2) is 53.7 Å². The van der Waals surface area contributed by atoms with E-state index in [1.165, 1.54) is 23.9 Å². The van der Waals surface area contributed by atoms with Gasteiger partial charge in [0.15, 0.2) is 0 Å². The predicted molar refractivity (Wildman–Crippen MR) is 110 cm³/mol. The number of benzene rings is 2. The van der Waals surface area contributed by atoms with Gasteiger partial charge in [-0.1, -0.05) is 48.2 Å². The first-order chi connectivity index (χ1) is 13.9. The Morgan fingerprint density at radius 3 is 2.59 bits per heavy atom. The zero-order valence-electron chi connectivity index (χ0n) is 16.1. The number of anilines is 1. The molecule has 1 atom stereocenters. The van der Waals surface area contributed by atoms with Gasteiger partial charge in [0.05, 0.1) is 11.0 Å². The summed E-state index contributed by atoms with van der Waals surface area (Å²) < 4.78 is 1.63. The molecule has 0 aliphatic rings. The van der Waals surface area contributed by atoms with Crippen molar-refractivity contribution in [2.45, 2.75) is 37.2 Å². The third kappa shape index (κ3) is 4.77. The molecule has 0 spiro atoms. The second kappa shape index (κ2) is 8.82. The number of aromatic nitrogens is 4. The van der Waals surface area contributed by atoms with Crippen molar-refractivity contribution in [1.82, 2.24) is 20.2 Å². The topological polar surface area (TPSA) is 116 Å². The molecule has 1 N–H and O–H groups in total. The molecule has 0 bridgehead atoms. The number of nitro groups is 1. The molecule has 0 aliphatic heterocycles. The van der Waals surface area contributed by atoms with E-state index in [1.54, 1.807) is 17.7 Å². The summed E-state index contributed by atoms with van der Waals surface area (Å²) in [7, 11) is 0. The fourth-order valence-corrected chi connectivity index (χ4v) is 3.80. The number of carbonyl (C=O) groups excluding carboxylic acids is 1. The molecule has 9 nitrogen and oxygen atoms in total. The van der Waals surface area contributed by atoms with Crippen molar-refractivity contribution in [1.29, 1.82) is 0 Å². The normalized spacial score (nSPS) is 12.0. The molecular formula is C19H20N6O3S. The Morgan fingerprint density at radius 1 is 1.21 bits per heavy atom. The van der Waals surface area contributed by atoms with Crippen LogP contribution in [0.3, 0.4) is 0 Å². The number of nitrogens with zero attached hydrogens (tertiary/aromatic N) is 5. The minimum Gasteiger partial charge on any atom is -0.319 e. The van der Waals surface area contributed by atoms with E-state index in [4.69, 9.17) is 0 Å². The molecule has 150 valence electrons. The number of hydrogen-bond donors (Lipinski definition) is 1. The Labute approximate surface area is 171 Å². The number of thioether (sulfide) groups is 1. The van der Waals surface area contributed by atoms with Crippen molar-refractivity contribution in [3.8, 4) is 0 Å². The van der Waals surface area contributed by atoms with Gasteiger partial charge in [-0.2, -0.15) is 0 Å². The third-order valence-corrected chi connectivity index (χ3v) is 5.32. The van der Waals surface area contributed by atoms with Crippen LogP contribution in [0.25, 0.3) is 0 Å². The molecule has 1 heterocycles. The Morgan fingerprint density at radius 2 is 1.93 bits per heavy atom. The van der Waals surface area contributed by atoms with Crippen LogP contribution in [0.2, 0.25) is 0 Å². The Hall–Kier alpha value is -3.27. The first kappa shape index (κ1) is 20.5. The van der Waals surface area contributed by atoms with Crippen LogP contribution < -0.4 is 5.32 Å². The van der Waals surface area contributed by atoms with E-state index in [9.17, 15) is 14.9 Å².